The van der Waals surface area contributed by atoms with Crippen LogP contribution < -0.4 is 10.6 Å². The highest BCUT2D eigenvalue weighted by Crippen LogP contribution is 2.16. The summed E-state index contributed by atoms with van der Waals surface area (Å²) in [5.74, 6) is -1.17. The molecule has 9 nitrogen and oxygen atoms in total. The molecule has 3 rings (SSSR count). The monoisotopic (exact) mass is 381 g/mol. The normalized spacial score (nSPS) is 12.0. The Morgan fingerprint density at radius 2 is 1.89 bits per heavy atom. The molecular weight excluding hydrogens is 358 g/mol. The zero-order chi connectivity index (χ0) is 20.1. The van der Waals surface area contributed by atoms with E-state index in [-0.39, 0.29) is 12.6 Å². The lowest BCUT2D eigenvalue weighted by Gasteiger charge is -2.23. The molecule has 1 unspecified atom stereocenters. The van der Waals surface area contributed by atoms with Crippen LogP contribution in [0.1, 0.15) is 11.6 Å². The number of aromatic nitrogens is 4. The Morgan fingerprint density at radius 1 is 1.14 bits per heavy atom. The van der Waals surface area contributed by atoms with Crippen molar-refractivity contribution in [1.29, 1.82) is 0 Å². The van der Waals surface area contributed by atoms with Crippen molar-refractivity contribution >= 4 is 17.6 Å². The molecule has 2 N–H and O–H groups in total. The number of carbonyl (C=O) groups is 2. The minimum atomic E-state index is -0.762. The van der Waals surface area contributed by atoms with Gasteiger partial charge in [0, 0.05) is 37.6 Å². The van der Waals surface area contributed by atoms with E-state index in [1.165, 1.54) is 0 Å². The molecule has 0 aliphatic heterocycles. The second-order valence-electron chi connectivity index (χ2n) is 6.57. The van der Waals surface area contributed by atoms with Gasteiger partial charge in [0.15, 0.2) is 5.82 Å². The molecule has 0 bridgehead atoms. The number of amides is 2. The summed E-state index contributed by atoms with van der Waals surface area (Å²) in [7, 11) is 5.64. The molecule has 0 saturated heterocycles. The number of aryl methyl sites for hydroxylation is 1. The lowest BCUT2D eigenvalue weighted by atomic mass is 10.1. The van der Waals surface area contributed by atoms with E-state index in [0.29, 0.717) is 5.82 Å². The van der Waals surface area contributed by atoms with Gasteiger partial charge in [0.25, 0.3) is 0 Å². The molecule has 1 atom stereocenters. The van der Waals surface area contributed by atoms with E-state index in [1.54, 1.807) is 27.8 Å². The second-order valence-corrected chi connectivity index (χ2v) is 6.57. The Labute approximate surface area is 162 Å². The van der Waals surface area contributed by atoms with Crippen LogP contribution in [0.15, 0.2) is 55.0 Å². The van der Waals surface area contributed by atoms with Gasteiger partial charge in [0.2, 0.25) is 0 Å². The van der Waals surface area contributed by atoms with Crippen LogP contribution in [0.5, 0.6) is 0 Å². The summed E-state index contributed by atoms with van der Waals surface area (Å²) in [6.07, 6.45) is 5.34. The largest absolute Gasteiger partial charge is 0.346 e. The molecular formula is C19H23N7O2. The molecule has 1 aromatic carbocycles. The number of hydrogen-bond donors (Lipinski definition) is 2. The van der Waals surface area contributed by atoms with E-state index in [2.05, 4.69) is 20.8 Å². The van der Waals surface area contributed by atoms with E-state index in [0.717, 1.165) is 11.3 Å². The number of nitrogens with zero attached hydrogens (tertiary/aromatic N) is 5. The van der Waals surface area contributed by atoms with E-state index in [4.69, 9.17) is 0 Å². The summed E-state index contributed by atoms with van der Waals surface area (Å²) >= 11 is 0. The standard InChI is InChI=1S/C19H23N7O2/c1-24(2)16(14-11-21-25(3)13-14)12-20-18(27)19(28)22-17-9-10-26(23-17)15-7-5-4-6-8-15/h4-11,13,16H,12H2,1-3H3,(H,20,27)(H,22,23,28). The van der Waals surface area contributed by atoms with Crippen molar-refractivity contribution in [2.45, 2.75) is 6.04 Å². The quantitative estimate of drug-likeness (QED) is 0.620. The van der Waals surface area contributed by atoms with Gasteiger partial charge in [-0.1, -0.05) is 18.2 Å². The molecule has 2 aromatic heterocycles. The number of benzene rings is 1. The van der Waals surface area contributed by atoms with Gasteiger partial charge in [0.05, 0.1) is 17.9 Å². The van der Waals surface area contributed by atoms with Crippen molar-refractivity contribution in [3.63, 3.8) is 0 Å². The first-order chi connectivity index (χ1) is 13.4. The molecule has 146 valence electrons. The first-order valence-corrected chi connectivity index (χ1v) is 8.79. The Hall–Kier alpha value is -3.46. The minimum absolute atomic E-state index is 0.0947. The second kappa shape index (κ2) is 8.49. The van der Waals surface area contributed by atoms with Crippen molar-refractivity contribution in [1.82, 2.24) is 29.8 Å². The molecule has 2 amide bonds. The van der Waals surface area contributed by atoms with E-state index in [9.17, 15) is 9.59 Å². The molecule has 2 heterocycles. The summed E-state index contributed by atoms with van der Waals surface area (Å²) in [5, 5.41) is 13.6. The highest BCUT2D eigenvalue weighted by molar-refractivity contribution is 6.39. The van der Waals surface area contributed by atoms with Crippen LogP contribution in [-0.2, 0) is 16.6 Å². The summed E-state index contributed by atoms with van der Waals surface area (Å²) < 4.78 is 3.32. The highest BCUT2D eigenvalue weighted by Gasteiger charge is 2.20. The number of anilines is 1. The number of likely N-dealkylation sites (N-methyl/N-ethyl adjacent to an activating group) is 1. The van der Waals surface area contributed by atoms with Crippen molar-refractivity contribution in [3.8, 4) is 5.69 Å². The predicted octanol–water partition coefficient (Wildman–Crippen LogP) is 0.963. The van der Waals surface area contributed by atoms with Gasteiger partial charge in [-0.05, 0) is 26.2 Å². The third-order valence-electron chi connectivity index (χ3n) is 4.25. The summed E-state index contributed by atoms with van der Waals surface area (Å²) in [6, 6.07) is 11.0. The maximum absolute atomic E-state index is 12.2. The highest BCUT2D eigenvalue weighted by atomic mass is 16.2. The predicted molar refractivity (Wildman–Crippen MR) is 105 cm³/mol. The van der Waals surface area contributed by atoms with Crippen LogP contribution in [0, 0.1) is 0 Å². The van der Waals surface area contributed by atoms with Gasteiger partial charge in [-0.3, -0.25) is 14.3 Å². The third-order valence-corrected chi connectivity index (χ3v) is 4.25. The molecule has 0 radical (unpaired) electrons. The molecule has 0 aliphatic carbocycles. The molecule has 0 spiro atoms. The smallest absolute Gasteiger partial charge is 0.314 e. The molecule has 3 aromatic rings. The Morgan fingerprint density at radius 3 is 2.54 bits per heavy atom. The van der Waals surface area contributed by atoms with Gasteiger partial charge in [-0.25, -0.2) is 4.68 Å². The first-order valence-electron chi connectivity index (χ1n) is 8.79. The number of nitrogens with one attached hydrogen (secondary N) is 2. The zero-order valence-corrected chi connectivity index (χ0v) is 16.0. The molecule has 0 saturated carbocycles. The van der Waals surface area contributed by atoms with Crippen LogP contribution in [-0.4, -0.2) is 56.9 Å². The minimum Gasteiger partial charge on any atom is -0.346 e. The molecule has 9 heteroatoms. The average molecular weight is 381 g/mol. The maximum atomic E-state index is 12.2. The fraction of sp³-hybridized carbons (Fsp3) is 0.263. The number of carbonyl (C=O) groups excluding carboxylic acids is 2. The topological polar surface area (TPSA) is 97.1 Å². The summed E-state index contributed by atoms with van der Waals surface area (Å²) in [6.45, 7) is 0.281. The van der Waals surface area contributed by atoms with E-state index in [1.807, 2.05) is 62.6 Å². The van der Waals surface area contributed by atoms with Crippen LogP contribution in [0.3, 0.4) is 0 Å². The molecule has 0 fully saturated rings. The van der Waals surface area contributed by atoms with Gasteiger partial charge >= 0.3 is 11.8 Å². The number of hydrogen-bond acceptors (Lipinski definition) is 5. The average Bonchev–Trinajstić information content (AvgIpc) is 3.31. The number of para-hydroxylation sites is 1. The van der Waals surface area contributed by atoms with Crippen LogP contribution in [0.25, 0.3) is 5.69 Å². The Balaban J connectivity index is 1.57. The van der Waals surface area contributed by atoms with Crippen LogP contribution in [0.4, 0.5) is 5.82 Å². The fourth-order valence-electron chi connectivity index (χ4n) is 2.77. The lowest BCUT2D eigenvalue weighted by Crippen LogP contribution is -2.40. The first kappa shape index (κ1) is 19.3. The third kappa shape index (κ3) is 4.63. The maximum Gasteiger partial charge on any atom is 0.314 e. The van der Waals surface area contributed by atoms with Gasteiger partial charge in [-0.15, -0.1) is 0 Å². The Bertz CT molecular complexity index is 946. The zero-order valence-electron chi connectivity index (χ0n) is 16.0. The Kier molecular flexibility index (Phi) is 5.85. The summed E-state index contributed by atoms with van der Waals surface area (Å²) in [5.41, 5.74) is 1.81. The fourth-order valence-corrected chi connectivity index (χ4v) is 2.77. The van der Waals surface area contributed by atoms with Crippen molar-refractivity contribution in [2.24, 2.45) is 7.05 Å². The molecule has 0 aliphatic rings. The van der Waals surface area contributed by atoms with Crippen molar-refractivity contribution in [3.05, 3.63) is 60.6 Å². The van der Waals surface area contributed by atoms with E-state index >= 15 is 0 Å². The van der Waals surface area contributed by atoms with Gasteiger partial charge in [-0.2, -0.15) is 10.2 Å². The summed E-state index contributed by atoms with van der Waals surface area (Å²) in [4.78, 5) is 26.3. The lowest BCUT2D eigenvalue weighted by molar-refractivity contribution is -0.136. The van der Waals surface area contributed by atoms with Crippen molar-refractivity contribution in [2.75, 3.05) is 26.0 Å². The van der Waals surface area contributed by atoms with Crippen molar-refractivity contribution < 1.29 is 9.59 Å². The molecule has 28 heavy (non-hydrogen) atoms. The van der Waals surface area contributed by atoms with E-state index < -0.39 is 11.8 Å². The van der Waals surface area contributed by atoms with Gasteiger partial charge in [0.1, 0.15) is 0 Å². The van der Waals surface area contributed by atoms with Gasteiger partial charge < -0.3 is 15.5 Å². The SMILES string of the molecule is CN(C)C(CNC(=O)C(=O)Nc1ccn(-c2ccccc2)n1)c1cnn(C)c1. The van der Waals surface area contributed by atoms with Crippen LogP contribution >= 0.6 is 0 Å². The van der Waals surface area contributed by atoms with Crippen LogP contribution in [0.2, 0.25) is 0 Å². The number of rotatable bonds is 6.